The Bertz CT molecular complexity index is 576. The number of rotatable bonds is 6. The van der Waals surface area contributed by atoms with Crippen molar-refractivity contribution in [2.45, 2.75) is 58.3 Å². The Labute approximate surface area is 124 Å². The predicted molar refractivity (Wildman–Crippen MR) is 80.1 cm³/mol. The molecule has 0 bridgehead atoms. The smallest absolute Gasteiger partial charge is 0.157 e. The molecule has 2 aromatic rings. The normalized spacial score (nSPS) is 21.8. The Balaban J connectivity index is 1.56. The lowest BCUT2D eigenvalue weighted by molar-refractivity contribution is 0.173. The van der Waals surface area contributed by atoms with Crippen LogP contribution in [0.5, 0.6) is 5.75 Å². The molecule has 2 N–H and O–H groups in total. The summed E-state index contributed by atoms with van der Waals surface area (Å²) >= 11 is 0. The first-order valence-electron chi connectivity index (χ1n) is 7.67. The maximum atomic E-state index is 6.10. The average Bonchev–Trinajstić information content (AvgIpc) is 3.19. The van der Waals surface area contributed by atoms with Crippen molar-refractivity contribution in [2.24, 2.45) is 0 Å². The van der Waals surface area contributed by atoms with Gasteiger partial charge in [-0.15, -0.1) is 0 Å². The van der Waals surface area contributed by atoms with Gasteiger partial charge in [0.2, 0.25) is 0 Å². The molecule has 0 saturated heterocycles. The lowest BCUT2D eigenvalue weighted by Gasteiger charge is -2.21. The third-order valence-corrected chi connectivity index (χ3v) is 4.16. The molecule has 2 atom stereocenters. The van der Waals surface area contributed by atoms with E-state index in [1.54, 1.807) is 6.20 Å². The molecule has 0 amide bonds. The van der Waals surface area contributed by atoms with Gasteiger partial charge in [-0.1, -0.05) is 0 Å². The van der Waals surface area contributed by atoms with Crippen molar-refractivity contribution < 1.29 is 4.74 Å². The highest BCUT2D eigenvalue weighted by atomic mass is 16.5. The monoisotopic (exact) mass is 289 g/mol. The molecule has 6 nitrogen and oxygen atoms in total. The average molecular weight is 289 g/mol. The minimum absolute atomic E-state index is 0.228. The van der Waals surface area contributed by atoms with Crippen LogP contribution in [0.1, 0.15) is 37.4 Å². The van der Waals surface area contributed by atoms with Crippen molar-refractivity contribution in [2.75, 3.05) is 0 Å². The Kier molecular flexibility index (Phi) is 4.24. The van der Waals surface area contributed by atoms with Crippen LogP contribution in [-0.2, 0) is 13.1 Å². The van der Waals surface area contributed by atoms with E-state index >= 15 is 0 Å². The molecule has 1 aliphatic rings. The van der Waals surface area contributed by atoms with Gasteiger partial charge in [0.05, 0.1) is 18.6 Å². The van der Waals surface area contributed by atoms with Gasteiger partial charge in [-0.2, -0.15) is 10.2 Å². The zero-order valence-electron chi connectivity index (χ0n) is 12.7. The highest BCUT2D eigenvalue weighted by molar-refractivity contribution is 5.15. The van der Waals surface area contributed by atoms with Crippen LogP contribution in [0.15, 0.2) is 18.6 Å². The summed E-state index contributed by atoms with van der Waals surface area (Å²) in [5.74, 6) is 0.870. The molecule has 0 aromatic carbocycles. The molecule has 114 valence electrons. The standard InChI is InChI=1S/C15H23N5O/c1-3-20-10-13(9-18-20)21-15-6-4-5-14(15)16-7-12-8-17-19-11(12)2/h8-10,14-16H,3-7H2,1-2H3,(H,17,19)/t14-,15+/m0/s1. The molecule has 0 spiro atoms. The summed E-state index contributed by atoms with van der Waals surface area (Å²) in [5.41, 5.74) is 2.35. The second-order valence-corrected chi connectivity index (χ2v) is 5.63. The van der Waals surface area contributed by atoms with Gasteiger partial charge in [-0.3, -0.25) is 9.78 Å². The SMILES string of the molecule is CCn1cc(O[C@@H]2CCC[C@@H]2NCc2cn[nH]c2C)cn1. The van der Waals surface area contributed by atoms with Crippen molar-refractivity contribution in [3.8, 4) is 5.75 Å². The molecular weight excluding hydrogens is 266 g/mol. The molecular formula is C15H23N5O. The maximum absolute atomic E-state index is 6.10. The van der Waals surface area contributed by atoms with E-state index in [9.17, 15) is 0 Å². The van der Waals surface area contributed by atoms with E-state index in [0.717, 1.165) is 37.4 Å². The minimum atomic E-state index is 0.228. The van der Waals surface area contributed by atoms with Gasteiger partial charge in [0.15, 0.2) is 5.75 Å². The van der Waals surface area contributed by atoms with Gasteiger partial charge < -0.3 is 10.1 Å². The maximum Gasteiger partial charge on any atom is 0.157 e. The third kappa shape index (κ3) is 3.26. The summed E-state index contributed by atoms with van der Waals surface area (Å²) in [6, 6.07) is 0.393. The number of hydrogen-bond donors (Lipinski definition) is 2. The number of ether oxygens (including phenoxy) is 1. The Hall–Kier alpha value is -1.82. The summed E-state index contributed by atoms with van der Waals surface area (Å²) in [6.45, 7) is 5.83. The van der Waals surface area contributed by atoms with Crippen molar-refractivity contribution >= 4 is 0 Å². The molecule has 0 radical (unpaired) electrons. The van der Waals surface area contributed by atoms with E-state index < -0.39 is 0 Å². The molecule has 1 aliphatic carbocycles. The minimum Gasteiger partial charge on any atom is -0.486 e. The van der Waals surface area contributed by atoms with Crippen molar-refractivity contribution in [1.82, 2.24) is 25.3 Å². The number of nitrogens with zero attached hydrogens (tertiary/aromatic N) is 3. The molecule has 0 unspecified atom stereocenters. The number of aromatic amines is 1. The first kappa shape index (κ1) is 14.1. The highest BCUT2D eigenvalue weighted by Gasteiger charge is 2.29. The van der Waals surface area contributed by atoms with Gasteiger partial charge >= 0.3 is 0 Å². The lowest BCUT2D eigenvalue weighted by Crippen LogP contribution is -2.38. The molecule has 21 heavy (non-hydrogen) atoms. The topological polar surface area (TPSA) is 67.8 Å². The summed E-state index contributed by atoms with van der Waals surface area (Å²) in [6.07, 6.45) is 9.34. The van der Waals surface area contributed by atoms with Crippen LogP contribution in [0.2, 0.25) is 0 Å². The van der Waals surface area contributed by atoms with Crippen molar-refractivity contribution in [3.63, 3.8) is 0 Å². The fourth-order valence-electron chi connectivity index (χ4n) is 2.85. The summed E-state index contributed by atoms with van der Waals surface area (Å²) < 4.78 is 7.99. The van der Waals surface area contributed by atoms with Crippen molar-refractivity contribution in [3.05, 3.63) is 29.8 Å². The van der Waals surface area contributed by atoms with E-state index in [-0.39, 0.29) is 6.10 Å². The second-order valence-electron chi connectivity index (χ2n) is 5.63. The molecule has 6 heteroatoms. The number of aryl methyl sites for hydroxylation is 2. The van der Waals surface area contributed by atoms with E-state index in [1.807, 2.05) is 24.0 Å². The lowest BCUT2D eigenvalue weighted by atomic mass is 10.2. The van der Waals surface area contributed by atoms with Gasteiger partial charge in [0.1, 0.15) is 6.10 Å². The van der Waals surface area contributed by atoms with Crippen LogP contribution < -0.4 is 10.1 Å². The van der Waals surface area contributed by atoms with E-state index in [4.69, 9.17) is 4.74 Å². The zero-order valence-corrected chi connectivity index (χ0v) is 12.7. The third-order valence-electron chi connectivity index (χ3n) is 4.16. The van der Waals surface area contributed by atoms with Crippen LogP contribution in [0.4, 0.5) is 0 Å². The largest absolute Gasteiger partial charge is 0.486 e. The van der Waals surface area contributed by atoms with Gasteiger partial charge in [0, 0.05) is 30.4 Å². The molecule has 2 heterocycles. The summed E-state index contributed by atoms with van der Waals surface area (Å²) in [5, 5.41) is 14.9. The first-order valence-corrected chi connectivity index (χ1v) is 7.67. The van der Waals surface area contributed by atoms with E-state index in [0.29, 0.717) is 6.04 Å². The van der Waals surface area contributed by atoms with Gasteiger partial charge in [-0.05, 0) is 33.1 Å². The predicted octanol–water partition coefficient (Wildman–Crippen LogP) is 2.02. The Morgan fingerprint density at radius 3 is 3.05 bits per heavy atom. The van der Waals surface area contributed by atoms with E-state index in [2.05, 4.69) is 27.5 Å². The van der Waals surface area contributed by atoms with Crippen LogP contribution in [0, 0.1) is 6.92 Å². The number of nitrogens with one attached hydrogen (secondary N) is 2. The number of aromatic nitrogens is 4. The van der Waals surface area contributed by atoms with Crippen LogP contribution in [0.3, 0.4) is 0 Å². The number of hydrogen-bond acceptors (Lipinski definition) is 4. The first-order chi connectivity index (χ1) is 10.3. The Morgan fingerprint density at radius 1 is 1.43 bits per heavy atom. The Morgan fingerprint density at radius 2 is 2.33 bits per heavy atom. The highest BCUT2D eigenvalue weighted by Crippen LogP contribution is 2.25. The summed E-state index contributed by atoms with van der Waals surface area (Å²) in [7, 11) is 0. The quantitative estimate of drug-likeness (QED) is 0.854. The van der Waals surface area contributed by atoms with Crippen LogP contribution in [-0.4, -0.2) is 32.1 Å². The molecule has 1 saturated carbocycles. The molecule has 1 fully saturated rings. The molecule has 0 aliphatic heterocycles. The fraction of sp³-hybridized carbons (Fsp3) is 0.600. The van der Waals surface area contributed by atoms with Gasteiger partial charge in [-0.25, -0.2) is 0 Å². The van der Waals surface area contributed by atoms with Crippen molar-refractivity contribution in [1.29, 1.82) is 0 Å². The number of H-pyrrole nitrogens is 1. The second kappa shape index (κ2) is 6.30. The zero-order chi connectivity index (χ0) is 14.7. The van der Waals surface area contributed by atoms with Crippen LogP contribution in [0.25, 0.3) is 0 Å². The summed E-state index contributed by atoms with van der Waals surface area (Å²) in [4.78, 5) is 0. The molecule has 2 aromatic heterocycles. The fourth-order valence-corrected chi connectivity index (χ4v) is 2.85. The van der Waals surface area contributed by atoms with Crippen LogP contribution >= 0.6 is 0 Å². The van der Waals surface area contributed by atoms with Gasteiger partial charge in [0.25, 0.3) is 0 Å². The van der Waals surface area contributed by atoms with E-state index in [1.165, 1.54) is 12.0 Å². The molecule has 3 rings (SSSR count).